The fourth-order valence-corrected chi connectivity index (χ4v) is 3.58. The van der Waals surface area contributed by atoms with Gasteiger partial charge in [0.25, 0.3) is 0 Å². The Bertz CT molecular complexity index is 595. The predicted octanol–water partition coefficient (Wildman–Crippen LogP) is 1.18. The molecule has 0 heterocycles. The first-order valence-electron chi connectivity index (χ1n) is 6.30. The molecule has 1 aliphatic carbocycles. The van der Waals surface area contributed by atoms with Crippen molar-refractivity contribution in [1.82, 2.24) is 4.31 Å². The number of carboxylic acid groups (broad SMARTS) is 1. The van der Waals surface area contributed by atoms with E-state index in [1.54, 1.807) is 18.2 Å². The van der Waals surface area contributed by atoms with Gasteiger partial charge >= 0.3 is 5.97 Å². The number of nitrogens with zero attached hydrogens (tertiary/aromatic N) is 1. The second kappa shape index (κ2) is 5.80. The molecule has 0 aromatic heterocycles. The second-order valence-electron chi connectivity index (χ2n) is 4.79. The van der Waals surface area contributed by atoms with Crippen LogP contribution >= 0.6 is 0 Å². The third-order valence-corrected chi connectivity index (χ3v) is 5.01. The number of ether oxygens (including phenoxy) is 1. The van der Waals surface area contributed by atoms with E-state index in [0.717, 1.165) is 17.1 Å². The number of rotatable bonds is 7. The van der Waals surface area contributed by atoms with Gasteiger partial charge in [-0.2, -0.15) is 4.31 Å². The molecule has 1 N–H and O–H groups in total. The molecule has 2 rings (SSSR count). The Hall–Kier alpha value is -1.60. The lowest BCUT2D eigenvalue weighted by atomic mass is 10.3. The van der Waals surface area contributed by atoms with Gasteiger partial charge in [-0.1, -0.05) is 12.1 Å². The van der Waals surface area contributed by atoms with Crippen molar-refractivity contribution < 1.29 is 23.1 Å². The molecule has 0 unspecified atom stereocenters. The predicted molar refractivity (Wildman–Crippen MR) is 72.1 cm³/mol. The van der Waals surface area contributed by atoms with Gasteiger partial charge in [-0.25, -0.2) is 8.42 Å². The maximum atomic E-state index is 12.6. The highest BCUT2D eigenvalue weighted by atomic mass is 32.2. The van der Waals surface area contributed by atoms with Crippen molar-refractivity contribution in [3.8, 4) is 5.75 Å². The second-order valence-corrected chi connectivity index (χ2v) is 6.69. The molecule has 0 bridgehead atoms. The van der Waals surface area contributed by atoms with E-state index >= 15 is 0 Å². The van der Waals surface area contributed by atoms with Crippen molar-refractivity contribution in [2.75, 3.05) is 20.2 Å². The van der Waals surface area contributed by atoms with Crippen LogP contribution in [0.15, 0.2) is 29.2 Å². The summed E-state index contributed by atoms with van der Waals surface area (Å²) in [5.41, 5.74) is 0. The fraction of sp³-hybridized carbons (Fsp3) is 0.462. The summed E-state index contributed by atoms with van der Waals surface area (Å²) < 4.78 is 31.3. The van der Waals surface area contributed by atoms with Gasteiger partial charge in [-0.3, -0.25) is 4.79 Å². The highest BCUT2D eigenvalue weighted by Gasteiger charge is 2.34. The average Bonchev–Trinajstić information content (AvgIpc) is 3.21. The molecule has 1 aliphatic rings. The fourth-order valence-electron chi connectivity index (χ4n) is 1.96. The maximum Gasteiger partial charge on any atom is 0.318 e. The molecule has 0 amide bonds. The normalized spacial score (nSPS) is 15.3. The van der Waals surface area contributed by atoms with Crippen molar-refractivity contribution in [2.24, 2.45) is 5.92 Å². The van der Waals surface area contributed by atoms with Gasteiger partial charge in [0.15, 0.2) is 0 Å². The van der Waals surface area contributed by atoms with Crippen LogP contribution in [0.3, 0.4) is 0 Å². The number of sulfonamides is 1. The van der Waals surface area contributed by atoms with Gasteiger partial charge in [0.2, 0.25) is 10.0 Å². The topological polar surface area (TPSA) is 83.9 Å². The quantitative estimate of drug-likeness (QED) is 0.817. The Kier molecular flexibility index (Phi) is 4.29. The minimum absolute atomic E-state index is 0.00407. The number of aliphatic carboxylic acids is 1. The van der Waals surface area contributed by atoms with E-state index < -0.39 is 22.5 Å². The number of hydrogen-bond donors (Lipinski definition) is 1. The Morgan fingerprint density at radius 3 is 2.60 bits per heavy atom. The van der Waals surface area contributed by atoms with Gasteiger partial charge in [-0.15, -0.1) is 0 Å². The SMILES string of the molecule is COc1ccccc1S(=O)(=O)N(CC(=O)O)CC1CC1. The number of carboxylic acids is 1. The van der Waals surface area contributed by atoms with E-state index in [1.807, 2.05) is 0 Å². The molecule has 6 nitrogen and oxygen atoms in total. The van der Waals surface area contributed by atoms with Crippen LogP contribution in [0.4, 0.5) is 0 Å². The largest absolute Gasteiger partial charge is 0.495 e. The summed E-state index contributed by atoms with van der Waals surface area (Å²) >= 11 is 0. The van der Waals surface area contributed by atoms with E-state index in [0.29, 0.717) is 0 Å². The summed E-state index contributed by atoms with van der Waals surface area (Å²) in [6, 6.07) is 6.23. The van der Waals surface area contributed by atoms with Crippen LogP contribution in [0.5, 0.6) is 5.75 Å². The minimum Gasteiger partial charge on any atom is -0.495 e. The van der Waals surface area contributed by atoms with Crippen LogP contribution in [0.25, 0.3) is 0 Å². The highest BCUT2D eigenvalue weighted by Crippen LogP contribution is 2.33. The monoisotopic (exact) mass is 299 g/mol. The molecular weight excluding hydrogens is 282 g/mol. The smallest absolute Gasteiger partial charge is 0.318 e. The van der Waals surface area contributed by atoms with Gasteiger partial charge < -0.3 is 9.84 Å². The molecule has 110 valence electrons. The van der Waals surface area contributed by atoms with Gasteiger partial charge in [0, 0.05) is 6.54 Å². The molecule has 7 heteroatoms. The minimum atomic E-state index is -3.87. The average molecular weight is 299 g/mol. The zero-order valence-electron chi connectivity index (χ0n) is 11.2. The Labute approximate surface area is 118 Å². The van der Waals surface area contributed by atoms with E-state index in [9.17, 15) is 13.2 Å². The molecular formula is C13H17NO5S. The lowest BCUT2D eigenvalue weighted by Crippen LogP contribution is -2.37. The van der Waals surface area contributed by atoms with Gasteiger partial charge in [0.05, 0.1) is 7.11 Å². The molecule has 0 aliphatic heterocycles. The molecule has 0 atom stereocenters. The van der Waals surface area contributed by atoms with Crippen molar-refractivity contribution in [3.63, 3.8) is 0 Å². The number of para-hydroxylation sites is 1. The first-order chi connectivity index (χ1) is 9.45. The summed E-state index contributed by atoms with van der Waals surface area (Å²) in [5.74, 6) is -0.679. The number of benzene rings is 1. The molecule has 1 saturated carbocycles. The summed E-state index contributed by atoms with van der Waals surface area (Å²) in [6.07, 6.45) is 1.88. The van der Waals surface area contributed by atoms with Gasteiger partial charge in [0.1, 0.15) is 17.2 Å². The van der Waals surface area contributed by atoms with Crippen LogP contribution in [0.2, 0.25) is 0 Å². The standard InChI is InChI=1S/C13H17NO5S/c1-19-11-4-2-3-5-12(11)20(17,18)14(9-13(15)16)8-10-6-7-10/h2-5,10H,6-9H2,1H3,(H,15,16). The van der Waals surface area contributed by atoms with E-state index in [2.05, 4.69) is 0 Å². The summed E-state index contributed by atoms with van der Waals surface area (Å²) in [4.78, 5) is 10.9. The molecule has 0 radical (unpaired) electrons. The first-order valence-corrected chi connectivity index (χ1v) is 7.74. The molecule has 1 fully saturated rings. The van der Waals surface area contributed by atoms with Crippen LogP contribution < -0.4 is 4.74 Å². The number of carbonyl (C=O) groups is 1. The molecule has 0 spiro atoms. The lowest BCUT2D eigenvalue weighted by molar-refractivity contribution is -0.137. The van der Waals surface area contributed by atoms with E-state index in [4.69, 9.17) is 9.84 Å². The Morgan fingerprint density at radius 2 is 2.05 bits per heavy atom. The first kappa shape index (κ1) is 14.8. The van der Waals surface area contributed by atoms with Crippen LogP contribution in [0.1, 0.15) is 12.8 Å². The van der Waals surface area contributed by atoms with Gasteiger partial charge in [-0.05, 0) is 30.9 Å². The van der Waals surface area contributed by atoms with E-state index in [-0.39, 0.29) is 23.1 Å². The summed E-state index contributed by atoms with van der Waals surface area (Å²) in [5, 5.41) is 8.92. The van der Waals surface area contributed by atoms with Crippen molar-refractivity contribution in [2.45, 2.75) is 17.7 Å². The molecule has 1 aromatic rings. The van der Waals surface area contributed by atoms with E-state index in [1.165, 1.54) is 13.2 Å². The third kappa shape index (κ3) is 3.29. The van der Waals surface area contributed by atoms with Crippen LogP contribution in [-0.2, 0) is 14.8 Å². The zero-order valence-corrected chi connectivity index (χ0v) is 12.0. The summed E-state index contributed by atoms with van der Waals surface area (Å²) in [7, 11) is -2.48. The zero-order chi connectivity index (χ0) is 14.8. The third-order valence-electron chi connectivity index (χ3n) is 3.16. The van der Waals surface area contributed by atoms with Crippen LogP contribution in [-0.4, -0.2) is 44.0 Å². The highest BCUT2D eigenvalue weighted by molar-refractivity contribution is 7.89. The van der Waals surface area contributed by atoms with Crippen LogP contribution in [0, 0.1) is 5.92 Å². The maximum absolute atomic E-state index is 12.6. The van der Waals surface area contributed by atoms with Crippen molar-refractivity contribution in [1.29, 1.82) is 0 Å². The Balaban J connectivity index is 2.35. The number of methoxy groups -OCH3 is 1. The number of hydrogen-bond acceptors (Lipinski definition) is 4. The molecule has 1 aromatic carbocycles. The molecule has 0 saturated heterocycles. The summed E-state index contributed by atoms with van der Waals surface area (Å²) in [6.45, 7) is -0.288. The van der Waals surface area contributed by atoms with Crippen molar-refractivity contribution in [3.05, 3.63) is 24.3 Å². The lowest BCUT2D eigenvalue weighted by Gasteiger charge is -2.21. The Morgan fingerprint density at radius 1 is 1.40 bits per heavy atom. The van der Waals surface area contributed by atoms with Crippen molar-refractivity contribution >= 4 is 16.0 Å². The molecule has 20 heavy (non-hydrogen) atoms.